The van der Waals surface area contributed by atoms with Crippen molar-refractivity contribution in [3.63, 3.8) is 0 Å². The molecular weight excluding hydrogens is 390 g/mol. The monoisotopic (exact) mass is 415 g/mol. The Balaban J connectivity index is 1.39. The van der Waals surface area contributed by atoms with Crippen molar-refractivity contribution in [2.75, 3.05) is 26.2 Å². The average Bonchev–Trinajstić information content (AvgIpc) is 3.45. The molecule has 0 aromatic heterocycles. The van der Waals surface area contributed by atoms with Gasteiger partial charge in [-0.05, 0) is 17.5 Å². The SMILES string of the molecule is O=C(O)[C@@]1(NS(=O)(=O)N2CCN(Cc3ccccc3)CC2)C[C@H]1c1ccccc1. The van der Waals surface area contributed by atoms with Crippen LogP contribution in [0.5, 0.6) is 0 Å². The summed E-state index contributed by atoms with van der Waals surface area (Å²) in [4.78, 5) is 14.1. The predicted molar refractivity (Wildman–Crippen MR) is 110 cm³/mol. The number of benzene rings is 2. The molecule has 2 aromatic carbocycles. The van der Waals surface area contributed by atoms with Crippen molar-refractivity contribution in [1.29, 1.82) is 0 Å². The highest BCUT2D eigenvalue weighted by Crippen LogP contribution is 2.52. The van der Waals surface area contributed by atoms with E-state index in [0.29, 0.717) is 26.2 Å². The number of rotatable bonds is 7. The molecule has 8 heteroatoms. The second-order valence-corrected chi connectivity index (χ2v) is 9.38. The van der Waals surface area contributed by atoms with Crippen LogP contribution in [0.3, 0.4) is 0 Å². The van der Waals surface area contributed by atoms with E-state index in [1.165, 1.54) is 9.87 Å². The molecule has 29 heavy (non-hydrogen) atoms. The normalized spacial score (nSPS) is 25.6. The van der Waals surface area contributed by atoms with Crippen molar-refractivity contribution in [1.82, 2.24) is 13.9 Å². The zero-order chi connectivity index (χ0) is 20.5. The summed E-state index contributed by atoms with van der Waals surface area (Å²) in [6.07, 6.45) is 0.263. The lowest BCUT2D eigenvalue weighted by atomic mass is 10.1. The van der Waals surface area contributed by atoms with E-state index < -0.39 is 21.7 Å². The van der Waals surface area contributed by atoms with E-state index in [9.17, 15) is 18.3 Å². The molecule has 7 nitrogen and oxygen atoms in total. The minimum absolute atomic E-state index is 0.263. The fourth-order valence-electron chi connectivity index (χ4n) is 4.01. The first-order chi connectivity index (χ1) is 13.9. The van der Waals surface area contributed by atoms with E-state index in [1.807, 2.05) is 48.5 Å². The van der Waals surface area contributed by atoms with E-state index in [0.717, 1.165) is 12.1 Å². The summed E-state index contributed by atoms with van der Waals surface area (Å²) in [6, 6.07) is 19.3. The molecular formula is C21H25N3O4S. The van der Waals surface area contributed by atoms with Gasteiger partial charge in [-0.3, -0.25) is 9.69 Å². The van der Waals surface area contributed by atoms with Gasteiger partial charge in [0.1, 0.15) is 5.54 Å². The van der Waals surface area contributed by atoms with Crippen molar-refractivity contribution >= 4 is 16.2 Å². The van der Waals surface area contributed by atoms with Crippen molar-refractivity contribution in [3.05, 3.63) is 71.8 Å². The molecule has 2 atom stereocenters. The lowest BCUT2D eigenvalue weighted by Gasteiger charge is -2.34. The Morgan fingerprint density at radius 2 is 1.59 bits per heavy atom. The molecule has 1 aliphatic heterocycles. The number of carboxylic acids is 1. The predicted octanol–water partition coefficient (Wildman–Crippen LogP) is 1.65. The van der Waals surface area contributed by atoms with Gasteiger partial charge in [-0.15, -0.1) is 0 Å². The van der Waals surface area contributed by atoms with Gasteiger partial charge in [0.05, 0.1) is 0 Å². The zero-order valence-electron chi connectivity index (χ0n) is 16.1. The summed E-state index contributed by atoms with van der Waals surface area (Å²) in [5.41, 5.74) is 0.571. The summed E-state index contributed by atoms with van der Waals surface area (Å²) in [7, 11) is -3.88. The van der Waals surface area contributed by atoms with Crippen LogP contribution in [-0.4, -0.2) is 60.4 Å². The fourth-order valence-corrected chi connectivity index (χ4v) is 5.55. The Morgan fingerprint density at radius 3 is 2.17 bits per heavy atom. The molecule has 0 radical (unpaired) electrons. The maximum Gasteiger partial charge on any atom is 0.325 e. The highest BCUT2D eigenvalue weighted by molar-refractivity contribution is 7.87. The van der Waals surface area contributed by atoms with Crippen LogP contribution < -0.4 is 4.72 Å². The average molecular weight is 416 g/mol. The highest BCUT2D eigenvalue weighted by Gasteiger charge is 2.63. The molecule has 2 fully saturated rings. The van der Waals surface area contributed by atoms with Crippen LogP contribution in [-0.2, 0) is 21.5 Å². The van der Waals surface area contributed by atoms with Gasteiger partial charge >= 0.3 is 5.97 Å². The van der Waals surface area contributed by atoms with E-state index in [2.05, 4.69) is 21.8 Å². The van der Waals surface area contributed by atoms with Gasteiger partial charge in [-0.25, -0.2) is 0 Å². The number of piperazine rings is 1. The van der Waals surface area contributed by atoms with Gasteiger partial charge in [-0.2, -0.15) is 17.4 Å². The smallest absolute Gasteiger partial charge is 0.325 e. The molecule has 2 N–H and O–H groups in total. The zero-order valence-corrected chi connectivity index (χ0v) is 16.9. The van der Waals surface area contributed by atoms with Crippen LogP contribution in [0.2, 0.25) is 0 Å². The quantitative estimate of drug-likeness (QED) is 0.718. The van der Waals surface area contributed by atoms with Gasteiger partial charge in [0.25, 0.3) is 10.2 Å². The summed E-state index contributed by atoms with van der Waals surface area (Å²) < 4.78 is 29.7. The minimum Gasteiger partial charge on any atom is -0.480 e. The molecule has 2 aromatic rings. The molecule has 4 rings (SSSR count). The number of hydrogen-bond acceptors (Lipinski definition) is 4. The van der Waals surface area contributed by atoms with Crippen LogP contribution >= 0.6 is 0 Å². The number of nitrogens with one attached hydrogen (secondary N) is 1. The fraction of sp³-hybridized carbons (Fsp3) is 0.381. The lowest BCUT2D eigenvalue weighted by molar-refractivity contribution is -0.140. The Kier molecular flexibility index (Phi) is 5.44. The van der Waals surface area contributed by atoms with Crippen molar-refractivity contribution in [2.45, 2.75) is 24.4 Å². The maximum absolute atomic E-state index is 12.9. The third-order valence-corrected chi connectivity index (χ3v) is 7.44. The molecule has 0 spiro atoms. The van der Waals surface area contributed by atoms with Crippen LogP contribution in [0.1, 0.15) is 23.5 Å². The van der Waals surface area contributed by atoms with Crippen LogP contribution in [0.25, 0.3) is 0 Å². The van der Waals surface area contributed by atoms with Gasteiger partial charge in [0.15, 0.2) is 0 Å². The molecule has 0 bridgehead atoms. The number of carboxylic acid groups (broad SMARTS) is 1. The molecule has 1 heterocycles. The second-order valence-electron chi connectivity index (χ2n) is 7.71. The molecule has 1 saturated carbocycles. The Bertz CT molecular complexity index is 960. The number of hydrogen-bond donors (Lipinski definition) is 2. The van der Waals surface area contributed by atoms with Crippen LogP contribution in [0.15, 0.2) is 60.7 Å². The van der Waals surface area contributed by atoms with Gasteiger partial charge in [-0.1, -0.05) is 60.7 Å². The second kappa shape index (κ2) is 7.87. The van der Waals surface area contributed by atoms with Crippen LogP contribution in [0.4, 0.5) is 0 Å². The van der Waals surface area contributed by atoms with Gasteiger partial charge in [0.2, 0.25) is 0 Å². The summed E-state index contributed by atoms with van der Waals surface area (Å²) in [5.74, 6) is -1.48. The third kappa shape index (κ3) is 4.20. The van der Waals surface area contributed by atoms with Gasteiger partial charge < -0.3 is 5.11 Å². The summed E-state index contributed by atoms with van der Waals surface area (Å²) in [5, 5.41) is 9.75. The molecule has 154 valence electrons. The molecule has 2 aliphatic rings. The summed E-state index contributed by atoms with van der Waals surface area (Å²) in [6.45, 7) is 2.68. The summed E-state index contributed by atoms with van der Waals surface area (Å²) >= 11 is 0. The standard InChI is InChI=1S/C21H25N3O4S/c25-20(26)21(15-19(21)18-9-5-2-6-10-18)22-29(27,28)24-13-11-23(12-14-24)16-17-7-3-1-4-8-17/h1-10,19,22H,11-16H2,(H,25,26)/t19-,21+/m0/s1. The molecule has 1 saturated heterocycles. The van der Waals surface area contributed by atoms with Gasteiger partial charge in [0, 0.05) is 38.6 Å². The van der Waals surface area contributed by atoms with Crippen molar-refractivity contribution in [3.8, 4) is 0 Å². The molecule has 1 aliphatic carbocycles. The number of nitrogens with zero attached hydrogens (tertiary/aromatic N) is 2. The van der Waals surface area contributed by atoms with E-state index in [4.69, 9.17) is 0 Å². The minimum atomic E-state index is -3.88. The van der Waals surface area contributed by atoms with Crippen molar-refractivity contribution in [2.24, 2.45) is 0 Å². The third-order valence-electron chi connectivity index (χ3n) is 5.78. The first kappa shape index (κ1) is 20.0. The first-order valence-corrected chi connectivity index (χ1v) is 11.2. The van der Waals surface area contributed by atoms with E-state index >= 15 is 0 Å². The number of carbonyl (C=O) groups is 1. The highest BCUT2D eigenvalue weighted by atomic mass is 32.2. The van der Waals surface area contributed by atoms with Crippen LogP contribution in [0, 0.1) is 0 Å². The first-order valence-electron chi connectivity index (χ1n) is 9.74. The maximum atomic E-state index is 12.9. The molecule has 0 unspecified atom stereocenters. The van der Waals surface area contributed by atoms with E-state index in [1.54, 1.807) is 0 Å². The number of aliphatic carboxylic acids is 1. The van der Waals surface area contributed by atoms with E-state index in [-0.39, 0.29) is 12.3 Å². The van der Waals surface area contributed by atoms with Crippen molar-refractivity contribution < 1.29 is 18.3 Å². The Hall–Kier alpha value is -2.26. The largest absolute Gasteiger partial charge is 0.480 e. The lowest BCUT2D eigenvalue weighted by Crippen LogP contribution is -2.55. The topological polar surface area (TPSA) is 89.9 Å². The Labute approximate surface area is 171 Å². The Morgan fingerprint density at radius 1 is 1.00 bits per heavy atom. The molecule has 0 amide bonds.